The predicted molar refractivity (Wildman–Crippen MR) is 72.6 cm³/mol. The van der Waals surface area contributed by atoms with E-state index >= 15 is 0 Å². The number of carbonyl (C=O) groups excluding carboxylic acids is 1. The largest absolute Gasteiger partial charge is 0.493 e. The fourth-order valence-electron chi connectivity index (χ4n) is 1.87. The second-order valence-corrected chi connectivity index (χ2v) is 3.95. The molecule has 0 saturated carbocycles. The summed E-state index contributed by atoms with van der Waals surface area (Å²) in [4.78, 5) is 9.18. The van der Waals surface area contributed by atoms with Crippen LogP contribution in [0.1, 0.15) is 18.1 Å². The highest BCUT2D eigenvalue weighted by atomic mass is 16.5. The first-order valence-electron chi connectivity index (χ1n) is 6.26. The lowest BCUT2D eigenvalue weighted by molar-refractivity contribution is -0.128. The summed E-state index contributed by atoms with van der Waals surface area (Å²) in [5.41, 5.74) is 2.68. The third kappa shape index (κ3) is 4.44. The van der Waals surface area contributed by atoms with Gasteiger partial charge in [0.25, 0.3) is 6.47 Å². The molecule has 1 aliphatic rings. The Hall–Kier alpha value is -1.75. The molecular weight excluding hydrogens is 246 g/mol. The molecule has 0 amide bonds. The molecule has 1 N–H and O–H groups in total. The predicted octanol–water partition coefficient (Wildman–Crippen LogP) is 1.53. The van der Waals surface area contributed by atoms with Gasteiger partial charge in [0, 0.05) is 6.54 Å². The monoisotopic (exact) mass is 267 g/mol. The maximum absolute atomic E-state index is 9.18. The molecule has 0 aromatic heterocycles. The van der Waals surface area contributed by atoms with E-state index in [-0.39, 0.29) is 0 Å². The van der Waals surface area contributed by atoms with Crippen LogP contribution >= 0.6 is 0 Å². The first-order valence-corrected chi connectivity index (χ1v) is 6.26. The van der Waals surface area contributed by atoms with Gasteiger partial charge in [-0.05, 0) is 43.1 Å². The van der Waals surface area contributed by atoms with Gasteiger partial charge < -0.3 is 19.5 Å². The van der Waals surface area contributed by atoms with Gasteiger partial charge in [-0.1, -0.05) is 0 Å². The van der Waals surface area contributed by atoms with Gasteiger partial charge in [0.1, 0.15) is 0 Å². The van der Waals surface area contributed by atoms with Crippen molar-refractivity contribution in [3.63, 3.8) is 0 Å². The number of methoxy groups -OCH3 is 2. The van der Waals surface area contributed by atoms with E-state index in [1.165, 1.54) is 11.1 Å². The van der Waals surface area contributed by atoms with E-state index in [4.69, 9.17) is 9.47 Å². The summed E-state index contributed by atoms with van der Waals surface area (Å²) in [6.07, 6.45) is 1.07. The molecule has 0 saturated heterocycles. The molecule has 0 radical (unpaired) electrons. The number of ether oxygens (including phenoxy) is 3. The van der Waals surface area contributed by atoms with E-state index in [1.807, 2.05) is 0 Å². The summed E-state index contributed by atoms with van der Waals surface area (Å²) in [5.74, 6) is 1.64. The van der Waals surface area contributed by atoms with E-state index in [9.17, 15) is 4.79 Å². The van der Waals surface area contributed by atoms with Gasteiger partial charge in [0.2, 0.25) is 0 Å². The Bertz CT molecular complexity index is 362. The van der Waals surface area contributed by atoms with Crippen LogP contribution in [0, 0.1) is 0 Å². The molecule has 1 aliphatic heterocycles. The Morgan fingerprint density at radius 3 is 2.32 bits per heavy atom. The average molecular weight is 267 g/mol. The summed E-state index contributed by atoms with van der Waals surface area (Å²) in [7, 11) is 3.34. The van der Waals surface area contributed by atoms with Crippen molar-refractivity contribution in [2.45, 2.75) is 19.9 Å². The molecule has 1 aromatic carbocycles. The number of benzene rings is 1. The zero-order chi connectivity index (χ0) is 14.1. The number of carbonyl (C=O) groups is 1. The molecule has 0 spiro atoms. The Labute approximate surface area is 113 Å². The van der Waals surface area contributed by atoms with Crippen LogP contribution < -0.4 is 14.8 Å². The molecule has 19 heavy (non-hydrogen) atoms. The number of hydrogen-bond donors (Lipinski definition) is 1. The van der Waals surface area contributed by atoms with Crippen LogP contribution in [0.4, 0.5) is 0 Å². The molecule has 0 fully saturated rings. The van der Waals surface area contributed by atoms with Gasteiger partial charge in [0.15, 0.2) is 11.5 Å². The lowest BCUT2D eigenvalue weighted by Crippen LogP contribution is -2.23. The molecule has 0 bridgehead atoms. The van der Waals surface area contributed by atoms with Crippen LogP contribution in [0.25, 0.3) is 0 Å². The van der Waals surface area contributed by atoms with Crippen LogP contribution in [0.5, 0.6) is 11.5 Å². The molecule has 106 valence electrons. The zero-order valence-corrected chi connectivity index (χ0v) is 11.7. The van der Waals surface area contributed by atoms with Crippen molar-refractivity contribution in [2.75, 3.05) is 27.4 Å². The number of fused-ring (bicyclic) bond motifs is 1. The summed E-state index contributed by atoms with van der Waals surface area (Å²) in [6.45, 7) is 4.63. The standard InChI is InChI=1S/C11H15NO2.C3H6O2/c1-13-10-5-8-3-4-12-7-9(8)6-11(10)14-2;1-2-5-3-4/h5-6,12H,3-4,7H2,1-2H3;3H,2H2,1H3. The van der Waals surface area contributed by atoms with E-state index in [1.54, 1.807) is 21.1 Å². The maximum Gasteiger partial charge on any atom is 0.293 e. The minimum atomic E-state index is 0.431. The summed E-state index contributed by atoms with van der Waals surface area (Å²) < 4.78 is 14.7. The second-order valence-electron chi connectivity index (χ2n) is 3.95. The molecule has 1 heterocycles. The van der Waals surface area contributed by atoms with Crippen LogP contribution in [0.15, 0.2) is 12.1 Å². The van der Waals surface area contributed by atoms with Gasteiger partial charge in [-0.3, -0.25) is 4.79 Å². The fourth-order valence-corrected chi connectivity index (χ4v) is 1.87. The van der Waals surface area contributed by atoms with Crippen LogP contribution in [-0.2, 0) is 22.5 Å². The molecule has 0 unspecified atom stereocenters. The minimum absolute atomic E-state index is 0.431. The smallest absolute Gasteiger partial charge is 0.293 e. The lowest BCUT2D eigenvalue weighted by Gasteiger charge is -2.19. The normalized spacial score (nSPS) is 12.6. The Balaban J connectivity index is 0.000000312. The lowest BCUT2D eigenvalue weighted by atomic mass is 10.0. The quantitative estimate of drug-likeness (QED) is 0.838. The summed E-state index contributed by atoms with van der Waals surface area (Å²) in [5, 5.41) is 3.33. The number of rotatable bonds is 4. The molecule has 5 heteroatoms. The van der Waals surface area contributed by atoms with Gasteiger partial charge >= 0.3 is 0 Å². The van der Waals surface area contributed by atoms with E-state index in [0.717, 1.165) is 31.0 Å². The van der Waals surface area contributed by atoms with Crippen molar-refractivity contribution in [1.82, 2.24) is 5.32 Å². The van der Waals surface area contributed by atoms with E-state index in [2.05, 4.69) is 22.2 Å². The van der Waals surface area contributed by atoms with Crippen molar-refractivity contribution in [3.05, 3.63) is 23.3 Å². The Morgan fingerprint density at radius 2 is 1.84 bits per heavy atom. The topological polar surface area (TPSA) is 56.8 Å². The van der Waals surface area contributed by atoms with Crippen molar-refractivity contribution in [3.8, 4) is 11.5 Å². The summed E-state index contributed by atoms with van der Waals surface area (Å²) >= 11 is 0. The van der Waals surface area contributed by atoms with Crippen molar-refractivity contribution in [1.29, 1.82) is 0 Å². The highest BCUT2D eigenvalue weighted by molar-refractivity contribution is 5.48. The molecule has 0 aliphatic carbocycles. The van der Waals surface area contributed by atoms with Crippen LogP contribution in [-0.4, -0.2) is 33.8 Å². The van der Waals surface area contributed by atoms with Crippen LogP contribution in [0.3, 0.4) is 0 Å². The highest BCUT2D eigenvalue weighted by Crippen LogP contribution is 2.31. The summed E-state index contributed by atoms with van der Waals surface area (Å²) in [6, 6.07) is 4.13. The highest BCUT2D eigenvalue weighted by Gasteiger charge is 2.13. The van der Waals surface area contributed by atoms with E-state index in [0.29, 0.717) is 13.1 Å². The SMILES string of the molecule is CCOC=O.COc1cc2c(cc1OC)CNCC2. The molecule has 5 nitrogen and oxygen atoms in total. The second kappa shape index (κ2) is 8.37. The Kier molecular flexibility index (Phi) is 6.74. The number of nitrogens with one attached hydrogen (secondary N) is 1. The maximum atomic E-state index is 9.18. The van der Waals surface area contributed by atoms with Gasteiger partial charge in [-0.2, -0.15) is 0 Å². The average Bonchev–Trinajstić information content (AvgIpc) is 2.47. The minimum Gasteiger partial charge on any atom is -0.493 e. The van der Waals surface area contributed by atoms with Crippen molar-refractivity contribution in [2.24, 2.45) is 0 Å². The molecule has 1 aromatic rings. The zero-order valence-electron chi connectivity index (χ0n) is 11.7. The third-order valence-electron chi connectivity index (χ3n) is 2.83. The van der Waals surface area contributed by atoms with Crippen molar-refractivity contribution >= 4 is 6.47 Å². The molecular formula is C14H21NO4. The first-order chi connectivity index (χ1) is 9.26. The Morgan fingerprint density at radius 1 is 1.21 bits per heavy atom. The van der Waals surface area contributed by atoms with Gasteiger partial charge in [-0.25, -0.2) is 0 Å². The first kappa shape index (κ1) is 15.3. The fraction of sp³-hybridized carbons (Fsp3) is 0.500. The van der Waals surface area contributed by atoms with Crippen molar-refractivity contribution < 1.29 is 19.0 Å². The molecule has 0 atom stereocenters. The van der Waals surface area contributed by atoms with Gasteiger partial charge in [-0.15, -0.1) is 0 Å². The van der Waals surface area contributed by atoms with Crippen LogP contribution in [0.2, 0.25) is 0 Å². The van der Waals surface area contributed by atoms with E-state index < -0.39 is 0 Å². The number of hydrogen-bond acceptors (Lipinski definition) is 5. The third-order valence-corrected chi connectivity index (χ3v) is 2.83. The molecule has 2 rings (SSSR count). The van der Waals surface area contributed by atoms with Gasteiger partial charge in [0.05, 0.1) is 20.8 Å².